The van der Waals surface area contributed by atoms with Gasteiger partial charge >= 0.3 is 0 Å². The Bertz CT molecular complexity index is 1020. The highest BCUT2D eigenvalue weighted by molar-refractivity contribution is 14.1. The Morgan fingerprint density at radius 3 is 2.69 bits per heavy atom. The van der Waals surface area contributed by atoms with Gasteiger partial charge in [0.15, 0.2) is 0 Å². The largest absolute Gasteiger partial charge is 0.355 e. The van der Waals surface area contributed by atoms with E-state index in [-0.39, 0.29) is 5.91 Å². The summed E-state index contributed by atoms with van der Waals surface area (Å²) in [5.41, 5.74) is 3.96. The van der Waals surface area contributed by atoms with Gasteiger partial charge < -0.3 is 10.2 Å². The molecule has 1 N–H and O–H groups in total. The second kappa shape index (κ2) is 9.13. The second-order valence-electron chi connectivity index (χ2n) is 6.77. The van der Waals surface area contributed by atoms with Crippen molar-refractivity contribution in [2.75, 3.05) is 34.8 Å². The average Bonchev–Trinajstić information content (AvgIpc) is 2.76. The maximum absolute atomic E-state index is 12.9. The standard InChI is InChI=1S/C22H21IN4OS/c1-15-17(6-8-21(25-15)27-10-12-29-13-11-27)22(28)26-16-5-7-19(23)18(14-16)20-4-2-3-9-24-20/h2-9,14H,10-13H2,1H3,(H,26,28). The minimum Gasteiger partial charge on any atom is -0.355 e. The van der Waals surface area contributed by atoms with Crippen molar-refractivity contribution in [2.45, 2.75) is 6.92 Å². The number of nitrogens with zero attached hydrogens (tertiary/aromatic N) is 3. The lowest BCUT2D eigenvalue weighted by Crippen LogP contribution is -2.33. The number of anilines is 2. The summed E-state index contributed by atoms with van der Waals surface area (Å²) in [5.74, 6) is 3.04. The van der Waals surface area contributed by atoms with Crippen LogP contribution in [0.4, 0.5) is 11.5 Å². The summed E-state index contributed by atoms with van der Waals surface area (Å²) in [6, 6.07) is 15.5. The van der Waals surface area contributed by atoms with Gasteiger partial charge in [-0.2, -0.15) is 11.8 Å². The Balaban J connectivity index is 1.54. The lowest BCUT2D eigenvalue weighted by atomic mass is 10.1. The van der Waals surface area contributed by atoms with E-state index in [1.54, 1.807) is 6.20 Å². The van der Waals surface area contributed by atoms with Gasteiger partial charge in [0.2, 0.25) is 0 Å². The van der Waals surface area contributed by atoms with E-state index in [1.165, 1.54) is 0 Å². The first-order valence-electron chi connectivity index (χ1n) is 9.44. The highest BCUT2D eigenvalue weighted by Crippen LogP contribution is 2.27. The topological polar surface area (TPSA) is 58.1 Å². The van der Waals surface area contributed by atoms with E-state index in [4.69, 9.17) is 0 Å². The summed E-state index contributed by atoms with van der Waals surface area (Å²) in [6.07, 6.45) is 1.77. The second-order valence-corrected chi connectivity index (χ2v) is 9.15. The van der Waals surface area contributed by atoms with Crippen molar-refractivity contribution in [2.24, 2.45) is 0 Å². The molecule has 1 aliphatic rings. The van der Waals surface area contributed by atoms with Gasteiger partial charge in [-0.1, -0.05) is 6.07 Å². The summed E-state index contributed by atoms with van der Waals surface area (Å²) in [6.45, 7) is 3.90. The average molecular weight is 516 g/mol. The summed E-state index contributed by atoms with van der Waals surface area (Å²) < 4.78 is 1.08. The minimum absolute atomic E-state index is 0.149. The van der Waals surface area contributed by atoms with Gasteiger partial charge in [-0.05, 0) is 72.0 Å². The third-order valence-corrected chi connectivity index (χ3v) is 6.70. The molecule has 0 atom stereocenters. The number of hydrogen-bond donors (Lipinski definition) is 1. The van der Waals surface area contributed by atoms with Crippen LogP contribution in [0.25, 0.3) is 11.3 Å². The molecule has 0 spiro atoms. The van der Waals surface area contributed by atoms with Crippen molar-refractivity contribution in [1.29, 1.82) is 0 Å². The zero-order valence-corrected chi connectivity index (χ0v) is 19.0. The number of thioether (sulfide) groups is 1. The number of aryl methyl sites for hydroxylation is 1. The van der Waals surface area contributed by atoms with Crippen molar-refractivity contribution in [3.05, 3.63) is 69.6 Å². The van der Waals surface area contributed by atoms with Crippen LogP contribution in [0.1, 0.15) is 16.1 Å². The number of nitrogens with one attached hydrogen (secondary N) is 1. The van der Waals surface area contributed by atoms with Gasteiger partial charge in [-0.3, -0.25) is 9.78 Å². The zero-order valence-electron chi connectivity index (χ0n) is 16.1. The van der Waals surface area contributed by atoms with Gasteiger partial charge in [0, 0.05) is 45.6 Å². The predicted molar refractivity (Wildman–Crippen MR) is 129 cm³/mol. The van der Waals surface area contributed by atoms with Crippen LogP contribution in [0, 0.1) is 10.5 Å². The number of benzene rings is 1. The van der Waals surface area contributed by atoms with Crippen LogP contribution < -0.4 is 10.2 Å². The number of amides is 1. The molecule has 7 heteroatoms. The maximum atomic E-state index is 12.9. The van der Waals surface area contributed by atoms with Gasteiger partial charge in [-0.25, -0.2) is 4.98 Å². The van der Waals surface area contributed by atoms with Crippen molar-refractivity contribution < 1.29 is 4.79 Å². The van der Waals surface area contributed by atoms with Gasteiger partial charge in [-0.15, -0.1) is 0 Å². The molecule has 0 bridgehead atoms. The molecule has 5 nitrogen and oxygen atoms in total. The van der Waals surface area contributed by atoms with Crippen LogP contribution in [-0.4, -0.2) is 40.5 Å². The molecule has 148 valence electrons. The third-order valence-electron chi connectivity index (χ3n) is 4.82. The molecular weight excluding hydrogens is 495 g/mol. The smallest absolute Gasteiger partial charge is 0.257 e. The van der Waals surface area contributed by atoms with Crippen LogP contribution in [0.2, 0.25) is 0 Å². The molecule has 0 radical (unpaired) electrons. The molecule has 1 aliphatic heterocycles. The molecule has 0 unspecified atom stereocenters. The number of hydrogen-bond acceptors (Lipinski definition) is 5. The lowest BCUT2D eigenvalue weighted by Gasteiger charge is -2.27. The molecule has 0 saturated carbocycles. The first-order chi connectivity index (χ1) is 14.1. The summed E-state index contributed by atoms with van der Waals surface area (Å²) in [4.78, 5) is 24.3. The molecule has 3 aromatic rings. The van der Waals surface area contributed by atoms with Crippen molar-refractivity contribution in [1.82, 2.24) is 9.97 Å². The fraction of sp³-hybridized carbons (Fsp3) is 0.227. The minimum atomic E-state index is -0.149. The van der Waals surface area contributed by atoms with E-state index in [0.29, 0.717) is 5.56 Å². The summed E-state index contributed by atoms with van der Waals surface area (Å²) in [7, 11) is 0. The monoisotopic (exact) mass is 516 g/mol. The molecule has 2 aromatic heterocycles. The molecule has 3 heterocycles. The van der Waals surface area contributed by atoms with E-state index >= 15 is 0 Å². The fourth-order valence-electron chi connectivity index (χ4n) is 3.28. The lowest BCUT2D eigenvalue weighted by molar-refractivity contribution is 0.102. The normalized spacial score (nSPS) is 13.9. The molecule has 0 aliphatic carbocycles. The Labute approximate surface area is 188 Å². The van der Waals surface area contributed by atoms with E-state index in [9.17, 15) is 4.79 Å². The highest BCUT2D eigenvalue weighted by Gasteiger charge is 2.16. The molecular formula is C22H21IN4OS. The number of carbonyl (C=O) groups is 1. The van der Waals surface area contributed by atoms with Crippen molar-refractivity contribution in [3.63, 3.8) is 0 Å². The van der Waals surface area contributed by atoms with Crippen molar-refractivity contribution in [3.8, 4) is 11.3 Å². The molecule has 1 fully saturated rings. The van der Waals surface area contributed by atoms with Crippen LogP contribution in [0.5, 0.6) is 0 Å². The maximum Gasteiger partial charge on any atom is 0.257 e. The van der Waals surface area contributed by atoms with Crippen LogP contribution >= 0.6 is 34.4 Å². The Morgan fingerprint density at radius 1 is 1.14 bits per heavy atom. The summed E-state index contributed by atoms with van der Waals surface area (Å²) >= 11 is 4.26. The Hall–Kier alpha value is -2.13. The number of aromatic nitrogens is 2. The molecule has 4 rings (SSSR count). The van der Waals surface area contributed by atoms with Crippen molar-refractivity contribution >= 4 is 51.8 Å². The van der Waals surface area contributed by atoms with Gasteiger partial charge in [0.05, 0.1) is 17.0 Å². The SMILES string of the molecule is Cc1nc(N2CCSCC2)ccc1C(=O)Nc1ccc(I)c(-c2ccccn2)c1. The van der Waals surface area contributed by atoms with Gasteiger partial charge in [0.1, 0.15) is 5.82 Å². The highest BCUT2D eigenvalue weighted by atomic mass is 127. The Morgan fingerprint density at radius 2 is 1.97 bits per heavy atom. The zero-order chi connectivity index (χ0) is 20.2. The molecule has 29 heavy (non-hydrogen) atoms. The van der Waals surface area contributed by atoms with Crippen LogP contribution in [-0.2, 0) is 0 Å². The number of pyridine rings is 2. The molecule has 1 saturated heterocycles. The first kappa shape index (κ1) is 20.2. The van der Waals surface area contributed by atoms with E-state index < -0.39 is 0 Å². The molecule has 1 amide bonds. The first-order valence-corrected chi connectivity index (χ1v) is 11.7. The number of rotatable bonds is 4. The number of carbonyl (C=O) groups excluding carboxylic acids is 1. The Kier molecular flexibility index (Phi) is 6.34. The quantitative estimate of drug-likeness (QED) is 0.502. The number of halogens is 1. The fourth-order valence-corrected chi connectivity index (χ4v) is 4.79. The predicted octanol–water partition coefficient (Wildman–Crippen LogP) is 4.86. The third kappa shape index (κ3) is 4.72. The van der Waals surface area contributed by atoms with E-state index in [1.807, 2.05) is 67.2 Å². The molecule has 1 aromatic carbocycles. The van der Waals surface area contributed by atoms with Crippen LogP contribution in [0.3, 0.4) is 0 Å². The van der Waals surface area contributed by atoms with E-state index in [0.717, 1.165) is 56.6 Å². The van der Waals surface area contributed by atoms with Gasteiger partial charge in [0.25, 0.3) is 5.91 Å². The van der Waals surface area contributed by atoms with Crippen LogP contribution in [0.15, 0.2) is 54.7 Å². The summed E-state index contributed by atoms with van der Waals surface area (Å²) in [5, 5.41) is 3.01. The van der Waals surface area contributed by atoms with E-state index in [2.05, 4.69) is 42.8 Å².